The number of hydrogen-bond donors (Lipinski definition) is 0. The molecule has 0 aliphatic rings. The van der Waals surface area contributed by atoms with Gasteiger partial charge in [-0.25, -0.2) is 0 Å². The second kappa shape index (κ2) is 4.72. The number of carbonyl (C=O) groups excluding carboxylic acids is 1. The highest BCUT2D eigenvalue weighted by Crippen LogP contribution is 2.33. The van der Waals surface area contributed by atoms with Gasteiger partial charge in [-0.05, 0) is 30.3 Å². The van der Waals surface area contributed by atoms with Gasteiger partial charge >= 0.3 is 0 Å². The molecule has 2 heterocycles. The summed E-state index contributed by atoms with van der Waals surface area (Å²) in [5.41, 5.74) is 3.14. The Bertz CT molecular complexity index is 777. The lowest BCUT2D eigenvalue weighted by Crippen LogP contribution is -1.91. The van der Waals surface area contributed by atoms with E-state index in [4.69, 9.17) is 23.2 Å². The van der Waals surface area contributed by atoms with E-state index in [9.17, 15) is 4.79 Å². The summed E-state index contributed by atoms with van der Waals surface area (Å²) in [6.45, 7) is 0. The molecule has 3 aromatic rings. The molecule has 0 N–H and O–H groups in total. The highest BCUT2D eigenvalue weighted by atomic mass is 35.5. The molecule has 2 nitrogen and oxygen atoms in total. The van der Waals surface area contributed by atoms with Crippen LogP contribution in [0.15, 0.2) is 48.7 Å². The number of hydrogen-bond acceptors (Lipinski definition) is 1. The molecule has 94 valence electrons. The Balaban J connectivity index is 2.33. The Hall–Kier alpha value is -1.77. The molecule has 0 radical (unpaired) electrons. The maximum absolute atomic E-state index is 11.4. The smallest absolute Gasteiger partial charge is 0.167 e. The summed E-state index contributed by atoms with van der Waals surface area (Å²) in [5, 5.41) is 1.11. The largest absolute Gasteiger partial charge is 0.314 e. The Labute approximate surface area is 120 Å². The van der Waals surface area contributed by atoms with Crippen LogP contribution in [0, 0.1) is 0 Å². The average molecular weight is 290 g/mol. The minimum Gasteiger partial charge on any atom is -0.314 e. The number of carbonyl (C=O) groups is 1. The third-order valence-electron chi connectivity index (χ3n) is 3.05. The zero-order valence-electron chi connectivity index (χ0n) is 9.81. The molecule has 0 unspecified atom stereocenters. The molecule has 0 spiro atoms. The summed E-state index contributed by atoms with van der Waals surface area (Å²) in [7, 11) is 0. The molecule has 0 saturated heterocycles. The zero-order chi connectivity index (χ0) is 13.4. The summed E-state index contributed by atoms with van der Waals surface area (Å²) in [6.07, 6.45) is 2.69. The fraction of sp³-hybridized carbons (Fsp3) is 0. The van der Waals surface area contributed by atoms with Crippen LogP contribution in [0.5, 0.6) is 0 Å². The molecule has 19 heavy (non-hydrogen) atoms. The van der Waals surface area contributed by atoms with Crippen LogP contribution in [0.3, 0.4) is 0 Å². The van der Waals surface area contributed by atoms with E-state index < -0.39 is 0 Å². The van der Waals surface area contributed by atoms with E-state index >= 15 is 0 Å². The van der Waals surface area contributed by atoms with Crippen molar-refractivity contribution in [1.82, 2.24) is 4.40 Å². The molecular weight excluding hydrogens is 281 g/mol. The van der Waals surface area contributed by atoms with Gasteiger partial charge in [-0.15, -0.1) is 0 Å². The molecule has 0 bridgehead atoms. The fourth-order valence-electron chi connectivity index (χ4n) is 2.19. The van der Waals surface area contributed by atoms with Gasteiger partial charge in [-0.2, -0.15) is 0 Å². The Morgan fingerprint density at radius 1 is 1.00 bits per heavy atom. The highest BCUT2D eigenvalue weighted by molar-refractivity contribution is 6.36. The molecule has 0 aliphatic carbocycles. The number of halogens is 2. The SMILES string of the molecule is O=Cc1c(-c2ccc(Cl)cc2Cl)cc2ccccn12. The zero-order valence-corrected chi connectivity index (χ0v) is 11.3. The van der Waals surface area contributed by atoms with Gasteiger partial charge in [0.05, 0.1) is 5.69 Å². The van der Waals surface area contributed by atoms with Gasteiger partial charge < -0.3 is 4.40 Å². The van der Waals surface area contributed by atoms with E-state index in [2.05, 4.69) is 0 Å². The predicted octanol–water partition coefficient (Wildman–Crippen LogP) is 4.73. The number of aromatic nitrogens is 1. The molecule has 0 saturated carbocycles. The summed E-state index contributed by atoms with van der Waals surface area (Å²) in [6, 6.07) is 13.0. The molecule has 0 aliphatic heterocycles. The third kappa shape index (κ3) is 2.03. The van der Waals surface area contributed by atoms with E-state index in [0.29, 0.717) is 15.7 Å². The van der Waals surface area contributed by atoms with Gasteiger partial charge in [0.2, 0.25) is 0 Å². The van der Waals surface area contributed by atoms with Crippen molar-refractivity contribution in [2.24, 2.45) is 0 Å². The number of pyridine rings is 1. The van der Waals surface area contributed by atoms with Gasteiger partial charge in [0.15, 0.2) is 6.29 Å². The first-order valence-electron chi connectivity index (χ1n) is 5.71. The summed E-state index contributed by atoms with van der Waals surface area (Å²) >= 11 is 12.1. The third-order valence-corrected chi connectivity index (χ3v) is 3.60. The van der Waals surface area contributed by atoms with Crippen molar-refractivity contribution >= 4 is 35.0 Å². The summed E-state index contributed by atoms with van der Waals surface area (Å²) in [4.78, 5) is 11.4. The standard InChI is InChI=1S/C15H9Cl2NO/c16-10-4-5-12(14(17)7-10)13-8-11-3-1-2-6-18(11)15(13)9-19/h1-9H. The fourth-order valence-corrected chi connectivity index (χ4v) is 2.70. The topological polar surface area (TPSA) is 21.5 Å². The molecular formula is C15H9Cl2NO. The Kier molecular flexibility index (Phi) is 3.05. The first kappa shape index (κ1) is 12.3. The van der Waals surface area contributed by atoms with E-state index in [1.807, 2.05) is 40.9 Å². The molecule has 0 fully saturated rings. The van der Waals surface area contributed by atoms with Crippen LogP contribution in [-0.4, -0.2) is 10.7 Å². The van der Waals surface area contributed by atoms with Crippen molar-refractivity contribution in [2.75, 3.05) is 0 Å². The minimum atomic E-state index is 0.534. The van der Waals surface area contributed by atoms with Crippen LogP contribution in [0.2, 0.25) is 10.0 Å². The van der Waals surface area contributed by atoms with Crippen LogP contribution in [-0.2, 0) is 0 Å². The molecule has 4 heteroatoms. The van der Waals surface area contributed by atoms with Crippen LogP contribution >= 0.6 is 23.2 Å². The summed E-state index contributed by atoms with van der Waals surface area (Å²) in [5.74, 6) is 0. The van der Waals surface area contributed by atoms with Gasteiger partial charge in [0.25, 0.3) is 0 Å². The van der Waals surface area contributed by atoms with Crippen LogP contribution in [0.1, 0.15) is 10.5 Å². The molecule has 1 aromatic carbocycles. The van der Waals surface area contributed by atoms with Crippen molar-refractivity contribution in [3.05, 3.63) is 64.4 Å². The first-order valence-corrected chi connectivity index (χ1v) is 6.47. The maximum Gasteiger partial charge on any atom is 0.167 e. The minimum absolute atomic E-state index is 0.534. The lowest BCUT2D eigenvalue weighted by Gasteiger charge is -2.04. The van der Waals surface area contributed by atoms with E-state index in [-0.39, 0.29) is 0 Å². The van der Waals surface area contributed by atoms with E-state index in [1.54, 1.807) is 12.1 Å². The lowest BCUT2D eigenvalue weighted by molar-refractivity contribution is 0.111. The van der Waals surface area contributed by atoms with E-state index in [0.717, 1.165) is 22.9 Å². The number of aldehydes is 1. The molecule has 0 atom stereocenters. The normalized spacial score (nSPS) is 10.8. The maximum atomic E-state index is 11.4. The van der Waals surface area contributed by atoms with Crippen molar-refractivity contribution in [3.8, 4) is 11.1 Å². The van der Waals surface area contributed by atoms with E-state index in [1.165, 1.54) is 0 Å². The number of fused-ring (bicyclic) bond motifs is 1. The second-order valence-corrected chi connectivity index (χ2v) is 5.02. The van der Waals surface area contributed by atoms with Gasteiger partial charge in [-0.1, -0.05) is 35.3 Å². The van der Waals surface area contributed by atoms with Crippen molar-refractivity contribution in [3.63, 3.8) is 0 Å². The number of nitrogens with zero attached hydrogens (tertiary/aromatic N) is 1. The monoisotopic (exact) mass is 289 g/mol. The molecule has 0 amide bonds. The second-order valence-electron chi connectivity index (χ2n) is 4.18. The molecule has 3 rings (SSSR count). The van der Waals surface area contributed by atoms with Crippen molar-refractivity contribution in [2.45, 2.75) is 0 Å². The van der Waals surface area contributed by atoms with Crippen molar-refractivity contribution < 1.29 is 4.79 Å². The van der Waals surface area contributed by atoms with Gasteiger partial charge in [0, 0.05) is 32.9 Å². The first-order chi connectivity index (χ1) is 9.20. The Morgan fingerprint density at radius 3 is 2.58 bits per heavy atom. The quantitative estimate of drug-likeness (QED) is 0.625. The van der Waals surface area contributed by atoms with Crippen molar-refractivity contribution in [1.29, 1.82) is 0 Å². The highest BCUT2D eigenvalue weighted by Gasteiger charge is 2.13. The predicted molar refractivity (Wildman–Crippen MR) is 78.2 cm³/mol. The summed E-state index contributed by atoms with van der Waals surface area (Å²) < 4.78 is 1.84. The van der Waals surface area contributed by atoms with Gasteiger partial charge in [-0.3, -0.25) is 4.79 Å². The molecule has 2 aromatic heterocycles. The Morgan fingerprint density at radius 2 is 1.84 bits per heavy atom. The average Bonchev–Trinajstić information content (AvgIpc) is 2.76. The lowest BCUT2D eigenvalue weighted by atomic mass is 10.1. The van der Waals surface area contributed by atoms with Crippen LogP contribution in [0.25, 0.3) is 16.6 Å². The van der Waals surface area contributed by atoms with Crippen LogP contribution in [0.4, 0.5) is 0 Å². The van der Waals surface area contributed by atoms with Crippen LogP contribution < -0.4 is 0 Å². The van der Waals surface area contributed by atoms with Gasteiger partial charge in [0.1, 0.15) is 0 Å². The number of rotatable bonds is 2. The number of benzene rings is 1.